The molecule has 0 bridgehead atoms. The predicted molar refractivity (Wildman–Crippen MR) is 94.8 cm³/mol. The van der Waals surface area contributed by atoms with Crippen molar-refractivity contribution in [3.8, 4) is 11.5 Å². The zero-order valence-electron chi connectivity index (χ0n) is 14.7. The van der Waals surface area contributed by atoms with Crippen LogP contribution in [0.15, 0.2) is 42.6 Å². The Bertz CT molecular complexity index is 829. The lowest BCUT2D eigenvalue weighted by Crippen LogP contribution is -2.42. The molecule has 1 aliphatic heterocycles. The van der Waals surface area contributed by atoms with Gasteiger partial charge in [0.2, 0.25) is 0 Å². The number of likely N-dealkylation sites (tertiary alicyclic amines) is 1. The van der Waals surface area contributed by atoms with Crippen molar-refractivity contribution in [1.82, 2.24) is 9.88 Å². The minimum atomic E-state index is -0.644. The Morgan fingerprint density at radius 2 is 1.85 bits per heavy atom. The van der Waals surface area contributed by atoms with Crippen LogP contribution in [0.3, 0.4) is 0 Å². The van der Waals surface area contributed by atoms with Crippen molar-refractivity contribution >= 4 is 5.91 Å². The average Bonchev–Trinajstić information content (AvgIpc) is 3.06. The fourth-order valence-corrected chi connectivity index (χ4v) is 4.08. The van der Waals surface area contributed by atoms with Gasteiger partial charge < -0.3 is 19.8 Å². The first-order chi connectivity index (χ1) is 13.0. The van der Waals surface area contributed by atoms with E-state index in [1.165, 1.54) is 24.4 Å². The van der Waals surface area contributed by atoms with E-state index < -0.39 is 12.2 Å². The van der Waals surface area contributed by atoms with Crippen LogP contribution in [0.2, 0.25) is 0 Å². The number of hydrogen-bond acceptors (Lipinski definition) is 5. The highest BCUT2D eigenvalue weighted by Gasteiger charge is 2.44. The van der Waals surface area contributed by atoms with Crippen LogP contribution in [0.4, 0.5) is 4.39 Å². The Morgan fingerprint density at radius 1 is 1.15 bits per heavy atom. The molecule has 1 aromatic heterocycles. The summed E-state index contributed by atoms with van der Waals surface area (Å²) in [4.78, 5) is 18.3. The summed E-state index contributed by atoms with van der Waals surface area (Å²) >= 11 is 0. The minimum absolute atomic E-state index is 0.0517. The molecule has 4 atom stereocenters. The highest BCUT2D eigenvalue weighted by molar-refractivity contribution is 5.95. The van der Waals surface area contributed by atoms with Crippen molar-refractivity contribution in [2.75, 3.05) is 13.1 Å². The van der Waals surface area contributed by atoms with Crippen LogP contribution in [0.1, 0.15) is 23.3 Å². The van der Waals surface area contributed by atoms with Crippen LogP contribution in [-0.4, -0.2) is 51.3 Å². The third-order valence-corrected chi connectivity index (χ3v) is 5.46. The third-order valence-electron chi connectivity index (χ3n) is 5.46. The second kappa shape index (κ2) is 7.15. The van der Waals surface area contributed by atoms with Crippen molar-refractivity contribution in [1.29, 1.82) is 0 Å². The van der Waals surface area contributed by atoms with Crippen LogP contribution >= 0.6 is 0 Å². The first-order valence-electron chi connectivity index (χ1n) is 9.05. The van der Waals surface area contributed by atoms with E-state index in [1.807, 2.05) is 0 Å². The monoisotopic (exact) mass is 372 g/mol. The number of pyridine rings is 1. The molecular weight excluding hydrogens is 351 g/mol. The summed E-state index contributed by atoms with van der Waals surface area (Å²) in [6, 6.07) is 8.75. The largest absolute Gasteiger partial charge is 0.505 e. The number of fused-ring (bicyclic) bond motifs is 1. The van der Waals surface area contributed by atoms with Crippen molar-refractivity contribution in [3.05, 3.63) is 54.1 Å². The van der Waals surface area contributed by atoms with Gasteiger partial charge in [0.25, 0.3) is 5.91 Å². The molecule has 0 radical (unpaired) electrons. The Morgan fingerprint density at radius 3 is 2.56 bits per heavy atom. The lowest BCUT2D eigenvalue weighted by molar-refractivity contribution is -0.0231. The van der Waals surface area contributed by atoms with Gasteiger partial charge in [-0.15, -0.1) is 0 Å². The molecule has 2 fully saturated rings. The Labute approximate surface area is 156 Å². The first kappa shape index (κ1) is 17.7. The van der Waals surface area contributed by atoms with Gasteiger partial charge in [-0.2, -0.15) is 0 Å². The highest BCUT2D eigenvalue weighted by Crippen LogP contribution is 2.38. The zero-order chi connectivity index (χ0) is 19.0. The summed E-state index contributed by atoms with van der Waals surface area (Å²) in [5.41, 5.74) is 0.0517. The van der Waals surface area contributed by atoms with Crippen molar-refractivity contribution in [2.45, 2.75) is 25.0 Å². The second-order valence-corrected chi connectivity index (χ2v) is 7.25. The van der Waals surface area contributed by atoms with E-state index in [9.17, 15) is 19.4 Å². The number of carbonyl (C=O) groups is 1. The number of amides is 1. The molecule has 0 unspecified atom stereocenters. The van der Waals surface area contributed by atoms with E-state index in [2.05, 4.69) is 4.98 Å². The maximum absolute atomic E-state index is 13.0. The lowest BCUT2D eigenvalue weighted by Gasteiger charge is -2.35. The number of aromatic nitrogens is 1. The van der Waals surface area contributed by atoms with E-state index >= 15 is 0 Å². The number of nitrogens with zero attached hydrogens (tertiary/aromatic N) is 2. The Hall–Kier alpha value is -2.67. The van der Waals surface area contributed by atoms with Gasteiger partial charge in [0, 0.05) is 19.3 Å². The fourth-order valence-electron chi connectivity index (χ4n) is 4.08. The lowest BCUT2D eigenvalue weighted by atomic mass is 9.78. The molecule has 1 saturated carbocycles. The van der Waals surface area contributed by atoms with Crippen molar-refractivity contribution < 1.29 is 24.1 Å². The summed E-state index contributed by atoms with van der Waals surface area (Å²) in [5, 5.41) is 20.3. The summed E-state index contributed by atoms with van der Waals surface area (Å²) in [6.45, 7) is 1.06. The third kappa shape index (κ3) is 3.60. The molecule has 2 aliphatic rings. The average molecular weight is 372 g/mol. The molecule has 0 spiro atoms. The minimum Gasteiger partial charge on any atom is -0.505 e. The van der Waals surface area contributed by atoms with Gasteiger partial charge in [-0.1, -0.05) is 0 Å². The predicted octanol–water partition coefficient (Wildman–Crippen LogP) is 2.22. The highest BCUT2D eigenvalue weighted by atomic mass is 19.1. The van der Waals surface area contributed by atoms with E-state index in [0.717, 1.165) is 0 Å². The zero-order valence-corrected chi connectivity index (χ0v) is 14.7. The molecule has 7 heteroatoms. The number of ether oxygens (including phenoxy) is 1. The topological polar surface area (TPSA) is 82.9 Å². The Kier molecular flexibility index (Phi) is 4.70. The molecule has 1 aromatic carbocycles. The smallest absolute Gasteiger partial charge is 0.276 e. The van der Waals surface area contributed by atoms with E-state index in [4.69, 9.17) is 4.74 Å². The Balaban J connectivity index is 1.43. The molecule has 27 heavy (non-hydrogen) atoms. The molecule has 4 rings (SSSR count). The summed E-state index contributed by atoms with van der Waals surface area (Å²) in [7, 11) is 0. The van der Waals surface area contributed by atoms with Gasteiger partial charge >= 0.3 is 0 Å². The van der Waals surface area contributed by atoms with Crippen molar-refractivity contribution in [2.24, 2.45) is 11.8 Å². The normalized spacial score (nSPS) is 27.3. The van der Waals surface area contributed by atoms with E-state index in [0.29, 0.717) is 31.7 Å². The van der Waals surface area contributed by atoms with Gasteiger partial charge in [0.05, 0.1) is 6.10 Å². The number of rotatable bonds is 3. The SMILES string of the molecule is O=C(c1ncccc1O)N1C[C@H]2C[C@@H](Oc3ccc(F)cc3)[C@H](O)C[C@H]2C1. The van der Waals surface area contributed by atoms with Crippen LogP contribution < -0.4 is 4.74 Å². The number of halogens is 1. The number of aliphatic hydroxyl groups is 1. The molecule has 2 aromatic rings. The van der Waals surface area contributed by atoms with Crippen LogP contribution in [0, 0.1) is 17.7 Å². The standard InChI is InChI=1S/C20H21FN2O4/c21-14-3-5-15(6-4-14)27-18-9-13-11-23(10-12(13)8-17(18)25)20(26)19-16(24)2-1-7-22-19/h1-7,12-13,17-18,24-25H,8-11H2/t12-,13+,17+,18+/m0/s1. The van der Waals surface area contributed by atoms with Crippen LogP contribution in [0.25, 0.3) is 0 Å². The molecule has 1 aliphatic carbocycles. The van der Waals surface area contributed by atoms with Gasteiger partial charge in [-0.05, 0) is 61.1 Å². The molecule has 2 heterocycles. The molecule has 6 nitrogen and oxygen atoms in total. The van der Waals surface area contributed by atoms with Gasteiger partial charge in [-0.3, -0.25) is 4.79 Å². The summed E-state index contributed by atoms with van der Waals surface area (Å²) in [5.74, 6) is 0.136. The number of aromatic hydroxyl groups is 1. The molecule has 1 saturated heterocycles. The number of aliphatic hydroxyl groups excluding tert-OH is 1. The van der Waals surface area contributed by atoms with Crippen LogP contribution in [-0.2, 0) is 0 Å². The number of benzene rings is 1. The first-order valence-corrected chi connectivity index (χ1v) is 9.05. The van der Waals surface area contributed by atoms with E-state index in [-0.39, 0.29) is 35.0 Å². The maximum atomic E-state index is 13.0. The molecule has 142 valence electrons. The molecular formula is C20H21FN2O4. The fraction of sp³-hybridized carbons (Fsp3) is 0.400. The second-order valence-electron chi connectivity index (χ2n) is 7.25. The number of carbonyl (C=O) groups excluding carboxylic acids is 1. The summed E-state index contributed by atoms with van der Waals surface area (Å²) in [6.07, 6.45) is 1.59. The van der Waals surface area contributed by atoms with E-state index in [1.54, 1.807) is 23.1 Å². The van der Waals surface area contributed by atoms with Gasteiger partial charge in [-0.25, -0.2) is 9.37 Å². The van der Waals surface area contributed by atoms with Gasteiger partial charge in [0.1, 0.15) is 23.4 Å². The van der Waals surface area contributed by atoms with Gasteiger partial charge in [0.15, 0.2) is 5.69 Å². The maximum Gasteiger partial charge on any atom is 0.276 e. The van der Waals surface area contributed by atoms with Crippen molar-refractivity contribution in [3.63, 3.8) is 0 Å². The summed E-state index contributed by atoms with van der Waals surface area (Å²) < 4.78 is 18.9. The number of hydrogen-bond donors (Lipinski definition) is 2. The molecule has 2 N–H and O–H groups in total. The molecule has 1 amide bonds. The quantitative estimate of drug-likeness (QED) is 0.863. The van der Waals surface area contributed by atoms with Crippen LogP contribution in [0.5, 0.6) is 11.5 Å².